The van der Waals surface area contributed by atoms with E-state index in [1.807, 2.05) is 6.07 Å². The Kier molecular flexibility index (Phi) is 6.85. The second kappa shape index (κ2) is 9.80. The third kappa shape index (κ3) is 5.63. The minimum atomic E-state index is -4.71. The fraction of sp³-hybridized carbons (Fsp3) is 0.545. The summed E-state index contributed by atoms with van der Waals surface area (Å²) in [6, 6.07) is 1.61. The molecule has 33 heavy (non-hydrogen) atoms. The van der Waals surface area contributed by atoms with E-state index >= 15 is 0 Å². The Labute approximate surface area is 188 Å². The topological polar surface area (TPSA) is 100 Å². The molecule has 4 rings (SSSR count). The highest BCUT2D eigenvalue weighted by Gasteiger charge is 2.38. The number of hydrogen-bond acceptors (Lipinski definition) is 6. The number of pyridine rings is 1. The number of carbonyl (C=O) groups excluding carboxylic acids is 2. The van der Waals surface area contributed by atoms with Gasteiger partial charge in [0.25, 0.3) is 5.91 Å². The van der Waals surface area contributed by atoms with Crippen LogP contribution in [0.15, 0.2) is 29.1 Å². The van der Waals surface area contributed by atoms with Crippen LogP contribution in [0.4, 0.5) is 18.9 Å². The summed E-state index contributed by atoms with van der Waals surface area (Å²) in [4.78, 5) is 33.6. The molecule has 0 bridgehead atoms. The quantitative estimate of drug-likeness (QED) is 0.609. The van der Waals surface area contributed by atoms with Gasteiger partial charge < -0.3 is 20.0 Å². The number of piperidine rings is 1. The van der Waals surface area contributed by atoms with E-state index in [0.717, 1.165) is 49.6 Å². The highest BCUT2D eigenvalue weighted by Crippen LogP contribution is 2.29. The highest BCUT2D eigenvalue weighted by atomic mass is 19.4. The SMILES string of the molecule is O=C(NCCCCC1CCN(C(=O)c2coc(C(F)(F)F)n2)CC1)C1Cc2cnccc2N1. The molecule has 0 radical (unpaired) electrons. The number of aromatic nitrogens is 2. The van der Waals surface area contributed by atoms with Crippen molar-refractivity contribution in [3.05, 3.63) is 41.9 Å². The molecule has 4 heterocycles. The van der Waals surface area contributed by atoms with E-state index in [9.17, 15) is 22.8 Å². The van der Waals surface area contributed by atoms with E-state index in [1.54, 1.807) is 12.4 Å². The number of hydrogen-bond donors (Lipinski definition) is 2. The van der Waals surface area contributed by atoms with Gasteiger partial charge in [0.1, 0.15) is 12.3 Å². The molecule has 1 atom stereocenters. The van der Waals surface area contributed by atoms with Crippen LogP contribution in [-0.2, 0) is 17.4 Å². The number of likely N-dealkylation sites (tertiary alicyclic amines) is 1. The Morgan fingerprint density at radius 1 is 1.24 bits per heavy atom. The number of nitrogens with one attached hydrogen (secondary N) is 2. The normalized spacial score (nSPS) is 18.6. The number of halogens is 3. The Bertz CT molecular complexity index is 961. The number of carbonyl (C=O) groups is 2. The molecule has 0 saturated carbocycles. The molecule has 1 fully saturated rings. The number of alkyl halides is 3. The number of rotatable bonds is 7. The third-order valence-corrected chi connectivity index (χ3v) is 6.18. The number of amides is 2. The molecule has 178 valence electrons. The Hall–Kier alpha value is -3.11. The van der Waals surface area contributed by atoms with Gasteiger partial charge in [0.05, 0.1) is 0 Å². The van der Waals surface area contributed by atoms with Crippen LogP contribution in [0.1, 0.15) is 54.0 Å². The molecule has 2 amide bonds. The first-order valence-corrected chi connectivity index (χ1v) is 11.1. The van der Waals surface area contributed by atoms with Gasteiger partial charge >= 0.3 is 12.1 Å². The van der Waals surface area contributed by atoms with E-state index < -0.39 is 18.0 Å². The summed E-state index contributed by atoms with van der Waals surface area (Å²) in [5.41, 5.74) is 1.69. The molecular formula is C22H26F3N5O3. The van der Waals surface area contributed by atoms with Crippen LogP contribution in [-0.4, -0.2) is 52.4 Å². The van der Waals surface area contributed by atoms with Crippen molar-refractivity contribution in [3.63, 3.8) is 0 Å². The molecule has 0 aromatic carbocycles. The number of fused-ring (bicyclic) bond motifs is 1. The van der Waals surface area contributed by atoms with Crippen LogP contribution in [0.5, 0.6) is 0 Å². The molecule has 2 aliphatic heterocycles. The van der Waals surface area contributed by atoms with Crippen molar-refractivity contribution >= 4 is 17.5 Å². The highest BCUT2D eigenvalue weighted by molar-refractivity contribution is 5.92. The number of oxazole rings is 1. The molecule has 0 spiro atoms. The van der Waals surface area contributed by atoms with Crippen molar-refractivity contribution in [2.24, 2.45) is 5.92 Å². The van der Waals surface area contributed by atoms with Crippen LogP contribution in [0.3, 0.4) is 0 Å². The maximum atomic E-state index is 12.6. The van der Waals surface area contributed by atoms with E-state index in [0.29, 0.717) is 32.0 Å². The maximum absolute atomic E-state index is 12.6. The number of unbranched alkanes of at least 4 members (excludes halogenated alkanes) is 1. The number of anilines is 1. The summed E-state index contributed by atoms with van der Waals surface area (Å²) < 4.78 is 42.2. The predicted octanol–water partition coefficient (Wildman–Crippen LogP) is 3.26. The van der Waals surface area contributed by atoms with Gasteiger partial charge in [-0.05, 0) is 36.8 Å². The molecule has 0 aliphatic carbocycles. The lowest BCUT2D eigenvalue weighted by atomic mass is 9.91. The molecule has 2 aliphatic rings. The molecular weight excluding hydrogens is 439 g/mol. The van der Waals surface area contributed by atoms with Crippen LogP contribution < -0.4 is 10.6 Å². The van der Waals surface area contributed by atoms with Crippen molar-refractivity contribution in [2.45, 2.75) is 50.7 Å². The Balaban J connectivity index is 1.11. The molecule has 1 unspecified atom stereocenters. The minimum absolute atomic E-state index is 0.0143. The standard InChI is InChI=1S/C22H26F3N5O3/c23-22(24,25)21-29-18(13-33-21)20(32)30-9-5-14(6-10-30)3-1-2-7-27-19(31)17-11-15-12-26-8-4-16(15)28-17/h4,8,12-14,17,28H,1-3,5-7,9-11H2,(H,27,31). The Morgan fingerprint density at radius 3 is 2.73 bits per heavy atom. The fourth-order valence-corrected chi connectivity index (χ4v) is 4.33. The lowest BCUT2D eigenvalue weighted by Crippen LogP contribution is -2.39. The predicted molar refractivity (Wildman–Crippen MR) is 112 cm³/mol. The monoisotopic (exact) mass is 465 g/mol. The smallest absolute Gasteiger partial charge is 0.441 e. The van der Waals surface area contributed by atoms with Crippen molar-refractivity contribution in [2.75, 3.05) is 25.0 Å². The summed E-state index contributed by atoms with van der Waals surface area (Å²) in [5.74, 6) is -1.50. The lowest BCUT2D eigenvalue weighted by molar-refractivity contribution is -0.157. The Morgan fingerprint density at radius 2 is 2.03 bits per heavy atom. The average Bonchev–Trinajstić information content (AvgIpc) is 3.46. The van der Waals surface area contributed by atoms with Gasteiger partial charge in [0.15, 0.2) is 5.69 Å². The van der Waals surface area contributed by atoms with E-state index in [1.165, 1.54) is 4.90 Å². The largest absolute Gasteiger partial charge is 0.468 e. The van der Waals surface area contributed by atoms with Crippen LogP contribution >= 0.6 is 0 Å². The summed E-state index contributed by atoms with van der Waals surface area (Å²) in [6.07, 6.45) is 4.57. The fourth-order valence-electron chi connectivity index (χ4n) is 4.33. The molecule has 2 aromatic heterocycles. The van der Waals surface area contributed by atoms with Crippen molar-refractivity contribution in [3.8, 4) is 0 Å². The lowest BCUT2D eigenvalue weighted by Gasteiger charge is -2.31. The van der Waals surface area contributed by atoms with Crippen molar-refractivity contribution in [1.82, 2.24) is 20.2 Å². The van der Waals surface area contributed by atoms with Gasteiger partial charge in [-0.2, -0.15) is 13.2 Å². The van der Waals surface area contributed by atoms with Gasteiger partial charge in [-0.15, -0.1) is 0 Å². The van der Waals surface area contributed by atoms with Crippen LogP contribution in [0.2, 0.25) is 0 Å². The van der Waals surface area contributed by atoms with Crippen molar-refractivity contribution in [1.29, 1.82) is 0 Å². The average molecular weight is 465 g/mol. The van der Waals surface area contributed by atoms with Crippen LogP contribution in [0.25, 0.3) is 0 Å². The second-order valence-corrected chi connectivity index (χ2v) is 8.49. The molecule has 1 saturated heterocycles. The zero-order chi connectivity index (χ0) is 23.4. The molecule has 8 nitrogen and oxygen atoms in total. The summed E-state index contributed by atoms with van der Waals surface area (Å²) in [6.45, 7) is 1.57. The first-order valence-electron chi connectivity index (χ1n) is 11.1. The second-order valence-electron chi connectivity index (χ2n) is 8.49. The first-order chi connectivity index (χ1) is 15.8. The van der Waals surface area contributed by atoms with Gasteiger partial charge in [-0.25, -0.2) is 4.98 Å². The molecule has 11 heteroatoms. The summed E-state index contributed by atoms with van der Waals surface area (Å²) in [5, 5.41) is 6.19. The first kappa shape index (κ1) is 23.1. The van der Waals surface area contributed by atoms with Gasteiger partial charge in [-0.3, -0.25) is 14.6 Å². The van der Waals surface area contributed by atoms with Crippen LogP contribution in [0, 0.1) is 5.92 Å². The zero-order valence-electron chi connectivity index (χ0n) is 18.0. The van der Waals surface area contributed by atoms with Crippen molar-refractivity contribution < 1.29 is 27.2 Å². The van der Waals surface area contributed by atoms with Gasteiger partial charge in [0.2, 0.25) is 5.91 Å². The summed E-state index contributed by atoms with van der Waals surface area (Å²) >= 11 is 0. The molecule has 2 aromatic rings. The van der Waals surface area contributed by atoms with Gasteiger partial charge in [-0.1, -0.05) is 12.8 Å². The minimum Gasteiger partial charge on any atom is -0.441 e. The van der Waals surface area contributed by atoms with E-state index in [-0.39, 0.29) is 17.6 Å². The van der Waals surface area contributed by atoms with E-state index in [2.05, 4.69) is 25.0 Å². The third-order valence-electron chi connectivity index (χ3n) is 6.18. The van der Waals surface area contributed by atoms with E-state index in [4.69, 9.17) is 0 Å². The molecule has 2 N–H and O–H groups in total. The number of nitrogens with zero attached hydrogens (tertiary/aromatic N) is 3. The summed E-state index contributed by atoms with van der Waals surface area (Å²) in [7, 11) is 0. The van der Waals surface area contributed by atoms with Gasteiger partial charge in [0, 0.05) is 44.1 Å². The maximum Gasteiger partial charge on any atom is 0.468 e. The zero-order valence-corrected chi connectivity index (χ0v) is 18.0.